The summed E-state index contributed by atoms with van der Waals surface area (Å²) in [7, 11) is 4.08. The summed E-state index contributed by atoms with van der Waals surface area (Å²) in [5, 5.41) is 3.00. The number of benzene rings is 3. The molecule has 3 aromatic carbocycles. The summed E-state index contributed by atoms with van der Waals surface area (Å²) in [6, 6.07) is 27.0. The zero-order chi connectivity index (χ0) is 22.3. The van der Waals surface area contributed by atoms with Gasteiger partial charge in [-0.15, -0.1) is 0 Å². The molecule has 5 nitrogen and oxygen atoms in total. The third-order valence-electron chi connectivity index (χ3n) is 6.05. The van der Waals surface area contributed by atoms with Gasteiger partial charge in [0, 0.05) is 39.4 Å². The van der Waals surface area contributed by atoms with Crippen molar-refractivity contribution in [3.8, 4) is 0 Å². The fourth-order valence-electron chi connectivity index (χ4n) is 4.19. The van der Waals surface area contributed by atoms with E-state index in [0.29, 0.717) is 6.54 Å². The van der Waals surface area contributed by atoms with Crippen LogP contribution in [0.2, 0.25) is 0 Å². The van der Waals surface area contributed by atoms with Crippen molar-refractivity contribution in [3.63, 3.8) is 0 Å². The number of amides is 1. The van der Waals surface area contributed by atoms with Crippen LogP contribution in [0.4, 0.5) is 10.5 Å². The molecule has 1 N–H and O–H groups in total. The van der Waals surface area contributed by atoms with Gasteiger partial charge in [-0.3, -0.25) is 4.90 Å². The van der Waals surface area contributed by atoms with Crippen molar-refractivity contribution < 1.29 is 9.53 Å². The zero-order valence-electron chi connectivity index (χ0n) is 18.8. The van der Waals surface area contributed by atoms with E-state index in [1.165, 1.54) is 16.7 Å². The molecule has 3 aromatic rings. The lowest BCUT2D eigenvalue weighted by atomic mass is 9.96. The first-order chi connectivity index (χ1) is 15.6. The first kappa shape index (κ1) is 21.9. The second-order valence-corrected chi connectivity index (χ2v) is 8.43. The lowest BCUT2D eigenvalue weighted by Crippen LogP contribution is -2.40. The van der Waals surface area contributed by atoms with Crippen molar-refractivity contribution in [3.05, 3.63) is 101 Å². The number of carbonyl (C=O) groups excluding carboxylic acids is 1. The number of anilines is 1. The monoisotopic (exact) mass is 429 g/mol. The lowest BCUT2D eigenvalue weighted by molar-refractivity contribution is 0.129. The zero-order valence-corrected chi connectivity index (χ0v) is 18.8. The molecule has 32 heavy (non-hydrogen) atoms. The largest absolute Gasteiger partial charge is 0.445 e. The number of alkyl carbamates (subject to hydrolysis) is 1. The molecule has 0 bridgehead atoms. The number of fused-ring (bicyclic) bond motifs is 1. The van der Waals surface area contributed by atoms with Gasteiger partial charge in [-0.25, -0.2) is 4.79 Å². The third-order valence-corrected chi connectivity index (χ3v) is 6.05. The van der Waals surface area contributed by atoms with E-state index in [9.17, 15) is 4.79 Å². The lowest BCUT2D eigenvalue weighted by Gasteiger charge is -2.36. The maximum absolute atomic E-state index is 12.4. The van der Waals surface area contributed by atoms with Crippen molar-refractivity contribution >= 4 is 11.8 Å². The van der Waals surface area contributed by atoms with Crippen molar-refractivity contribution in [2.75, 3.05) is 32.1 Å². The van der Waals surface area contributed by atoms with E-state index in [0.717, 1.165) is 30.8 Å². The van der Waals surface area contributed by atoms with Crippen LogP contribution in [0.5, 0.6) is 0 Å². The molecule has 0 radical (unpaired) electrons. The molecule has 166 valence electrons. The van der Waals surface area contributed by atoms with Gasteiger partial charge in [0.05, 0.1) is 6.04 Å². The Bertz CT molecular complexity index is 1020. The average Bonchev–Trinajstić information content (AvgIpc) is 2.83. The first-order valence-corrected chi connectivity index (χ1v) is 11.1. The highest BCUT2D eigenvalue weighted by Crippen LogP contribution is 2.28. The van der Waals surface area contributed by atoms with Crippen molar-refractivity contribution in [2.24, 2.45) is 0 Å². The molecule has 0 aliphatic carbocycles. The minimum atomic E-state index is -0.388. The molecule has 1 heterocycles. The topological polar surface area (TPSA) is 44.8 Å². The Balaban J connectivity index is 1.45. The molecule has 0 aromatic heterocycles. The van der Waals surface area contributed by atoms with Crippen LogP contribution in [-0.2, 0) is 24.3 Å². The number of nitrogens with zero attached hydrogens (tertiary/aromatic N) is 2. The Morgan fingerprint density at radius 2 is 1.66 bits per heavy atom. The number of nitrogens with one attached hydrogen (secondary N) is 1. The van der Waals surface area contributed by atoms with E-state index in [-0.39, 0.29) is 18.7 Å². The van der Waals surface area contributed by atoms with Gasteiger partial charge in [0.2, 0.25) is 0 Å². The van der Waals surface area contributed by atoms with Crippen LogP contribution in [0.1, 0.15) is 28.3 Å². The van der Waals surface area contributed by atoms with E-state index >= 15 is 0 Å². The quantitative estimate of drug-likeness (QED) is 0.587. The van der Waals surface area contributed by atoms with E-state index in [1.54, 1.807) is 0 Å². The smallest absolute Gasteiger partial charge is 0.407 e. The van der Waals surface area contributed by atoms with E-state index in [4.69, 9.17) is 4.74 Å². The molecule has 4 rings (SSSR count). The van der Waals surface area contributed by atoms with Gasteiger partial charge in [-0.2, -0.15) is 0 Å². The van der Waals surface area contributed by atoms with Crippen molar-refractivity contribution in [1.82, 2.24) is 10.2 Å². The van der Waals surface area contributed by atoms with Gasteiger partial charge < -0.3 is 15.0 Å². The summed E-state index contributed by atoms with van der Waals surface area (Å²) in [5.41, 5.74) is 6.11. The molecule has 0 saturated carbocycles. The van der Waals surface area contributed by atoms with E-state index in [1.807, 2.05) is 44.4 Å². The van der Waals surface area contributed by atoms with Crippen molar-refractivity contribution in [1.29, 1.82) is 0 Å². The predicted molar refractivity (Wildman–Crippen MR) is 129 cm³/mol. The first-order valence-electron chi connectivity index (χ1n) is 11.1. The van der Waals surface area contributed by atoms with Gasteiger partial charge in [0.25, 0.3) is 0 Å². The van der Waals surface area contributed by atoms with Crippen LogP contribution in [0.3, 0.4) is 0 Å². The Morgan fingerprint density at radius 1 is 0.969 bits per heavy atom. The highest BCUT2D eigenvalue weighted by molar-refractivity contribution is 5.67. The SMILES string of the molecule is CN(C)c1ccc(C(CNC(=O)OCc2ccccc2)N2CCc3ccccc3C2)cc1. The van der Waals surface area contributed by atoms with Crippen LogP contribution in [-0.4, -0.2) is 38.2 Å². The molecule has 0 fully saturated rings. The van der Waals surface area contributed by atoms with Gasteiger partial charge in [-0.1, -0.05) is 66.7 Å². The number of hydrogen-bond acceptors (Lipinski definition) is 4. The average molecular weight is 430 g/mol. The fraction of sp³-hybridized carbons (Fsp3) is 0.296. The molecular formula is C27H31N3O2. The summed E-state index contributed by atoms with van der Waals surface area (Å²) in [4.78, 5) is 17.0. The standard InChI is InChI=1S/C27H31N3O2/c1-29(2)25-14-12-23(13-15-25)26(30-17-16-22-10-6-7-11-24(22)19-30)18-28-27(31)32-20-21-8-4-3-5-9-21/h3-15,26H,16-20H2,1-2H3,(H,28,31). The molecular weight excluding hydrogens is 398 g/mol. The van der Waals surface area contributed by atoms with Crippen LogP contribution < -0.4 is 10.2 Å². The number of rotatable bonds is 7. The van der Waals surface area contributed by atoms with Gasteiger partial charge in [0.15, 0.2) is 0 Å². The van der Waals surface area contributed by atoms with E-state index < -0.39 is 0 Å². The van der Waals surface area contributed by atoms with Gasteiger partial charge in [-0.05, 0) is 40.8 Å². The fourth-order valence-corrected chi connectivity index (χ4v) is 4.19. The number of carbonyl (C=O) groups is 1. The Morgan fingerprint density at radius 3 is 2.38 bits per heavy atom. The maximum Gasteiger partial charge on any atom is 0.407 e. The molecule has 1 unspecified atom stereocenters. The maximum atomic E-state index is 12.4. The second-order valence-electron chi connectivity index (χ2n) is 8.43. The minimum Gasteiger partial charge on any atom is -0.445 e. The van der Waals surface area contributed by atoms with Crippen LogP contribution >= 0.6 is 0 Å². The third kappa shape index (κ3) is 5.48. The summed E-state index contributed by atoms with van der Waals surface area (Å²) >= 11 is 0. The predicted octanol–water partition coefficient (Wildman–Crippen LogP) is 4.78. The minimum absolute atomic E-state index is 0.0730. The molecule has 1 amide bonds. The van der Waals surface area contributed by atoms with Crippen LogP contribution in [0.25, 0.3) is 0 Å². The summed E-state index contributed by atoms with van der Waals surface area (Å²) < 4.78 is 5.43. The molecule has 0 spiro atoms. The van der Waals surface area contributed by atoms with Crippen LogP contribution in [0, 0.1) is 0 Å². The molecule has 1 atom stereocenters. The summed E-state index contributed by atoms with van der Waals surface area (Å²) in [5.74, 6) is 0. The highest BCUT2D eigenvalue weighted by Gasteiger charge is 2.25. The molecule has 5 heteroatoms. The summed E-state index contributed by atoms with van der Waals surface area (Å²) in [6.07, 6.45) is 0.627. The van der Waals surface area contributed by atoms with E-state index in [2.05, 4.69) is 63.6 Å². The Labute approximate surface area is 190 Å². The van der Waals surface area contributed by atoms with Crippen molar-refractivity contribution in [2.45, 2.75) is 25.6 Å². The Hall–Kier alpha value is -3.31. The highest BCUT2D eigenvalue weighted by atomic mass is 16.5. The molecule has 0 saturated heterocycles. The Kier molecular flexibility index (Phi) is 7.07. The summed E-state index contributed by atoms with van der Waals surface area (Å²) in [6.45, 7) is 2.60. The number of hydrogen-bond donors (Lipinski definition) is 1. The van der Waals surface area contributed by atoms with Gasteiger partial charge >= 0.3 is 6.09 Å². The number of ether oxygens (including phenoxy) is 1. The normalized spacial score (nSPS) is 14.3. The molecule has 1 aliphatic heterocycles. The second kappa shape index (κ2) is 10.3. The molecule has 1 aliphatic rings. The van der Waals surface area contributed by atoms with Crippen LogP contribution in [0.15, 0.2) is 78.9 Å². The van der Waals surface area contributed by atoms with Gasteiger partial charge in [0.1, 0.15) is 6.61 Å².